The van der Waals surface area contributed by atoms with Gasteiger partial charge in [0.1, 0.15) is 19.1 Å². The van der Waals surface area contributed by atoms with Gasteiger partial charge >= 0.3 is 5.97 Å². The van der Waals surface area contributed by atoms with Crippen molar-refractivity contribution >= 4 is 16.9 Å². The standard InChI is InChI=1S/C25H26N2O7/c1-4-15-16-9-14(32-3)5-6-20(16)26-22-17(15)11-27-21(22)10-19-18(23(27)28)12-34-24(29)25(19,30)7-8-33-13-31-2/h5-6,9-10,30H,4,7-8,11-13H2,1-3H3/t25-/m0/s1. The van der Waals surface area contributed by atoms with Crippen molar-refractivity contribution in [2.45, 2.75) is 38.5 Å². The Morgan fingerprint density at radius 3 is 2.76 bits per heavy atom. The van der Waals surface area contributed by atoms with E-state index in [1.807, 2.05) is 18.2 Å². The fourth-order valence-corrected chi connectivity index (χ4v) is 4.94. The summed E-state index contributed by atoms with van der Waals surface area (Å²) in [6.45, 7) is 2.33. The quantitative estimate of drug-likeness (QED) is 0.251. The van der Waals surface area contributed by atoms with Gasteiger partial charge in [0.05, 0.1) is 42.7 Å². The third-order valence-corrected chi connectivity index (χ3v) is 6.66. The lowest BCUT2D eigenvalue weighted by molar-refractivity contribution is -0.175. The molecule has 0 aliphatic carbocycles. The number of hydrogen-bond donors (Lipinski definition) is 1. The molecule has 178 valence electrons. The number of cyclic esters (lactones) is 1. The molecule has 1 N–H and O–H groups in total. The van der Waals surface area contributed by atoms with E-state index in [1.165, 1.54) is 7.11 Å². The number of aryl methyl sites for hydroxylation is 1. The summed E-state index contributed by atoms with van der Waals surface area (Å²) in [6, 6.07) is 7.42. The zero-order valence-electron chi connectivity index (χ0n) is 19.3. The highest BCUT2D eigenvalue weighted by Gasteiger charge is 2.46. The van der Waals surface area contributed by atoms with Gasteiger partial charge in [0.15, 0.2) is 5.60 Å². The summed E-state index contributed by atoms with van der Waals surface area (Å²) in [5.41, 5.74) is 2.35. The zero-order valence-corrected chi connectivity index (χ0v) is 19.3. The predicted molar refractivity (Wildman–Crippen MR) is 123 cm³/mol. The molecule has 5 rings (SSSR count). The second kappa shape index (κ2) is 8.50. The smallest absolute Gasteiger partial charge is 0.343 e. The van der Waals surface area contributed by atoms with Crippen LogP contribution in [0.1, 0.15) is 35.6 Å². The van der Waals surface area contributed by atoms with Gasteiger partial charge in [-0.25, -0.2) is 9.78 Å². The van der Waals surface area contributed by atoms with Crippen LogP contribution in [0.3, 0.4) is 0 Å². The first-order valence-corrected chi connectivity index (χ1v) is 11.2. The van der Waals surface area contributed by atoms with Gasteiger partial charge in [-0.1, -0.05) is 6.92 Å². The maximum absolute atomic E-state index is 13.5. The van der Waals surface area contributed by atoms with Crippen LogP contribution in [0.4, 0.5) is 0 Å². The number of methoxy groups -OCH3 is 2. The van der Waals surface area contributed by atoms with E-state index in [2.05, 4.69) is 6.92 Å². The average molecular weight is 466 g/mol. The summed E-state index contributed by atoms with van der Waals surface area (Å²) >= 11 is 0. The van der Waals surface area contributed by atoms with Crippen molar-refractivity contribution in [1.82, 2.24) is 9.55 Å². The maximum atomic E-state index is 13.5. The van der Waals surface area contributed by atoms with Crippen molar-refractivity contribution in [1.29, 1.82) is 0 Å². The van der Waals surface area contributed by atoms with Crippen molar-refractivity contribution in [2.75, 3.05) is 27.6 Å². The number of nitrogens with zero attached hydrogens (tertiary/aromatic N) is 2. The fourth-order valence-electron chi connectivity index (χ4n) is 4.94. The summed E-state index contributed by atoms with van der Waals surface area (Å²) in [6.07, 6.45) is 0.683. The third-order valence-electron chi connectivity index (χ3n) is 6.66. The van der Waals surface area contributed by atoms with Gasteiger partial charge in [0.2, 0.25) is 0 Å². The molecule has 0 amide bonds. The van der Waals surface area contributed by atoms with Gasteiger partial charge in [-0.2, -0.15) is 0 Å². The van der Waals surface area contributed by atoms with Crippen LogP contribution in [0, 0.1) is 0 Å². The van der Waals surface area contributed by atoms with Gasteiger partial charge in [-0.05, 0) is 36.2 Å². The van der Waals surface area contributed by atoms with E-state index in [0.717, 1.165) is 34.2 Å². The van der Waals surface area contributed by atoms with E-state index in [-0.39, 0.29) is 43.1 Å². The number of hydrogen-bond acceptors (Lipinski definition) is 8. The molecule has 0 unspecified atom stereocenters. The highest BCUT2D eigenvalue weighted by Crippen LogP contribution is 2.40. The molecule has 2 aromatic heterocycles. The fraction of sp³-hybridized carbons (Fsp3) is 0.400. The van der Waals surface area contributed by atoms with Crippen LogP contribution in [0.5, 0.6) is 5.75 Å². The minimum atomic E-state index is -1.99. The first-order chi connectivity index (χ1) is 16.4. The monoisotopic (exact) mass is 466 g/mol. The number of aliphatic hydroxyl groups is 1. The van der Waals surface area contributed by atoms with Crippen molar-refractivity contribution in [3.05, 3.63) is 56.9 Å². The molecule has 4 heterocycles. The number of carbonyl (C=O) groups is 1. The minimum Gasteiger partial charge on any atom is -0.497 e. The number of benzene rings is 1. The lowest BCUT2D eigenvalue weighted by Crippen LogP contribution is -2.45. The number of aromatic nitrogens is 2. The largest absolute Gasteiger partial charge is 0.497 e. The molecule has 1 aromatic carbocycles. The van der Waals surface area contributed by atoms with Crippen molar-refractivity contribution in [3.63, 3.8) is 0 Å². The lowest BCUT2D eigenvalue weighted by Gasteiger charge is -2.32. The molecule has 2 aliphatic rings. The summed E-state index contributed by atoms with van der Waals surface area (Å²) < 4.78 is 22.4. The van der Waals surface area contributed by atoms with Crippen LogP contribution in [0.15, 0.2) is 29.1 Å². The van der Waals surface area contributed by atoms with E-state index >= 15 is 0 Å². The van der Waals surface area contributed by atoms with Gasteiger partial charge in [-0.3, -0.25) is 4.79 Å². The molecule has 9 nitrogen and oxygen atoms in total. The maximum Gasteiger partial charge on any atom is 0.343 e. The molecular weight excluding hydrogens is 440 g/mol. The highest BCUT2D eigenvalue weighted by molar-refractivity contribution is 5.90. The van der Waals surface area contributed by atoms with Crippen LogP contribution in [-0.2, 0) is 44.2 Å². The Labute approximate surface area is 195 Å². The van der Waals surface area contributed by atoms with E-state index < -0.39 is 11.6 Å². The van der Waals surface area contributed by atoms with Crippen LogP contribution in [-0.4, -0.2) is 48.2 Å². The van der Waals surface area contributed by atoms with Crippen molar-refractivity contribution in [3.8, 4) is 17.1 Å². The highest BCUT2D eigenvalue weighted by atomic mass is 16.7. The number of carbonyl (C=O) groups excluding carboxylic acids is 1. The molecule has 0 radical (unpaired) electrons. The summed E-state index contributed by atoms with van der Waals surface area (Å²) in [4.78, 5) is 31.0. The van der Waals surface area contributed by atoms with Crippen LogP contribution in [0.2, 0.25) is 0 Å². The number of rotatable bonds is 7. The first-order valence-electron chi connectivity index (χ1n) is 11.2. The Kier molecular flexibility index (Phi) is 5.63. The van der Waals surface area contributed by atoms with E-state index in [4.69, 9.17) is 23.9 Å². The summed E-state index contributed by atoms with van der Waals surface area (Å²) in [5.74, 6) is -0.0556. The molecule has 0 spiro atoms. The van der Waals surface area contributed by atoms with E-state index in [0.29, 0.717) is 17.9 Å². The summed E-state index contributed by atoms with van der Waals surface area (Å²) in [5, 5.41) is 12.3. The van der Waals surface area contributed by atoms with Crippen molar-refractivity contribution < 1.29 is 28.8 Å². The Bertz CT molecular complexity index is 1360. The second-order valence-corrected chi connectivity index (χ2v) is 8.47. The van der Waals surface area contributed by atoms with Crippen LogP contribution < -0.4 is 10.3 Å². The Balaban J connectivity index is 1.68. The van der Waals surface area contributed by atoms with E-state index in [1.54, 1.807) is 17.7 Å². The molecule has 1 atom stereocenters. The average Bonchev–Trinajstić information content (AvgIpc) is 3.21. The third kappa shape index (κ3) is 3.31. The normalized spacial score (nSPS) is 18.4. The molecule has 9 heteroatoms. The van der Waals surface area contributed by atoms with Gasteiger partial charge in [0, 0.05) is 30.0 Å². The number of fused-ring (bicyclic) bond motifs is 5. The summed E-state index contributed by atoms with van der Waals surface area (Å²) in [7, 11) is 3.11. The second-order valence-electron chi connectivity index (χ2n) is 8.47. The molecular formula is C25H26N2O7. The molecule has 0 saturated heterocycles. The first kappa shape index (κ1) is 22.5. The van der Waals surface area contributed by atoms with Gasteiger partial charge in [-0.15, -0.1) is 0 Å². The van der Waals surface area contributed by atoms with Crippen LogP contribution in [0.25, 0.3) is 22.3 Å². The van der Waals surface area contributed by atoms with Gasteiger partial charge in [0.25, 0.3) is 5.56 Å². The number of ether oxygens (including phenoxy) is 4. The minimum absolute atomic E-state index is 0.0276. The molecule has 3 aromatic rings. The van der Waals surface area contributed by atoms with Gasteiger partial charge < -0.3 is 28.6 Å². The predicted octanol–water partition coefficient (Wildman–Crippen LogP) is 2.25. The molecule has 2 aliphatic heterocycles. The SMILES string of the molecule is CCc1c2c(nc3ccc(OC)cc13)-c1cc3c(c(=O)n1C2)COC(=O)[C@]3(O)CCOCOC. The molecule has 0 fully saturated rings. The van der Waals surface area contributed by atoms with Crippen LogP contribution >= 0.6 is 0 Å². The number of esters is 1. The van der Waals surface area contributed by atoms with Crippen molar-refractivity contribution in [2.24, 2.45) is 0 Å². The molecule has 34 heavy (non-hydrogen) atoms. The Morgan fingerprint density at radius 2 is 2.03 bits per heavy atom. The lowest BCUT2D eigenvalue weighted by atomic mass is 9.85. The Morgan fingerprint density at radius 1 is 1.21 bits per heavy atom. The number of pyridine rings is 2. The zero-order chi connectivity index (χ0) is 24.0. The molecule has 0 saturated carbocycles. The molecule has 0 bridgehead atoms. The van der Waals surface area contributed by atoms with E-state index in [9.17, 15) is 14.7 Å². The topological polar surface area (TPSA) is 109 Å². The Hall–Kier alpha value is -3.27.